The number of hydrogen-bond acceptors (Lipinski definition) is 6. The number of aromatic nitrogens is 1. The Morgan fingerprint density at radius 1 is 1.06 bits per heavy atom. The monoisotopic (exact) mass is 419 g/mol. The van der Waals surface area contributed by atoms with Gasteiger partial charge in [0, 0.05) is 35.9 Å². The number of anilines is 2. The van der Waals surface area contributed by atoms with E-state index in [-0.39, 0.29) is 6.61 Å². The van der Waals surface area contributed by atoms with Crippen LogP contribution in [0.5, 0.6) is 5.75 Å². The lowest BCUT2D eigenvalue weighted by molar-refractivity contribution is -0.119. The van der Waals surface area contributed by atoms with Crippen molar-refractivity contribution in [3.8, 4) is 5.75 Å². The molecule has 1 aliphatic rings. The van der Waals surface area contributed by atoms with Crippen LogP contribution in [-0.2, 0) is 9.53 Å². The number of pyridine rings is 1. The summed E-state index contributed by atoms with van der Waals surface area (Å²) in [5.74, 6) is -0.277. The largest absolute Gasteiger partial charge is 0.497 e. The summed E-state index contributed by atoms with van der Waals surface area (Å²) in [6.07, 6.45) is 2.43. The van der Waals surface area contributed by atoms with Crippen LogP contribution in [0.4, 0.5) is 11.4 Å². The second-order valence-electron chi connectivity index (χ2n) is 7.55. The van der Waals surface area contributed by atoms with Gasteiger partial charge in [0.2, 0.25) is 0 Å². The maximum Gasteiger partial charge on any atom is 0.340 e. The molecule has 2 heterocycles. The molecule has 1 fully saturated rings. The van der Waals surface area contributed by atoms with Crippen LogP contribution in [-0.4, -0.2) is 43.7 Å². The lowest BCUT2D eigenvalue weighted by Gasteiger charge is -2.17. The van der Waals surface area contributed by atoms with Crippen LogP contribution in [0.3, 0.4) is 0 Å². The van der Waals surface area contributed by atoms with Gasteiger partial charge in [0.05, 0.1) is 23.9 Å². The first-order valence-electron chi connectivity index (χ1n) is 10.3. The number of carbonyl (C=O) groups is 2. The predicted molar refractivity (Wildman–Crippen MR) is 120 cm³/mol. The minimum Gasteiger partial charge on any atom is -0.497 e. The van der Waals surface area contributed by atoms with Crippen molar-refractivity contribution in [1.29, 1.82) is 0 Å². The minimum atomic E-state index is -0.581. The fourth-order valence-corrected chi connectivity index (χ4v) is 3.71. The van der Waals surface area contributed by atoms with Crippen LogP contribution < -0.4 is 15.0 Å². The fraction of sp³-hybridized carbons (Fsp3) is 0.292. The fourth-order valence-electron chi connectivity index (χ4n) is 3.71. The van der Waals surface area contributed by atoms with Gasteiger partial charge in [-0.3, -0.25) is 9.78 Å². The van der Waals surface area contributed by atoms with Crippen molar-refractivity contribution >= 4 is 34.2 Å². The third-order valence-corrected chi connectivity index (χ3v) is 5.39. The van der Waals surface area contributed by atoms with Crippen molar-refractivity contribution in [2.45, 2.75) is 19.8 Å². The van der Waals surface area contributed by atoms with E-state index in [9.17, 15) is 9.59 Å². The average molecular weight is 419 g/mol. The number of nitrogens with one attached hydrogen (secondary N) is 1. The van der Waals surface area contributed by atoms with Gasteiger partial charge in [-0.15, -0.1) is 0 Å². The summed E-state index contributed by atoms with van der Waals surface area (Å²) in [5, 5.41) is 3.55. The van der Waals surface area contributed by atoms with Gasteiger partial charge in [0.1, 0.15) is 5.75 Å². The average Bonchev–Trinajstić information content (AvgIpc) is 3.32. The molecule has 0 bridgehead atoms. The normalized spacial score (nSPS) is 13.3. The van der Waals surface area contributed by atoms with Crippen molar-refractivity contribution in [1.82, 2.24) is 4.98 Å². The Bertz CT molecular complexity index is 1110. The standard InChI is InChI=1S/C24H25N3O4/c1-16-21(13-17-5-10-20(30-2)14-22(17)25-16)24(29)31-15-23(28)26-18-6-8-19(9-7-18)27-11-3-4-12-27/h5-10,13-14H,3-4,11-12,15H2,1-2H3,(H,26,28). The number of methoxy groups -OCH3 is 1. The van der Waals surface area contributed by atoms with Crippen LogP contribution in [0.25, 0.3) is 10.9 Å². The Hall–Kier alpha value is -3.61. The van der Waals surface area contributed by atoms with Gasteiger partial charge >= 0.3 is 5.97 Å². The number of esters is 1. The van der Waals surface area contributed by atoms with E-state index < -0.39 is 11.9 Å². The molecule has 2 aromatic carbocycles. The van der Waals surface area contributed by atoms with Crippen molar-refractivity contribution in [2.75, 3.05) is 37.0 Å². The van der Waals surface area contributed by atoms with E-state index in [1.807, 2.05) is 30.3 Å². The van der Waals surface area contributed by atoms with Crippen molar-refractivity contribution < 1.29 is 19.1 Å². The molecule has 0 unspecified atom stereocenters. The smallest absolute Gasteiger partial charge is 0.340 e. The topological polar surface area (TPSA) is 80.8 Å². The summed E-state index contributed by atoms with van der Waals surface area (Å²) in [5.41, 5.74) is 3.41. The molecule has 4 rings (SSSR count). The van der Waals surface area contributed by atoms with Crippen LogP contribution in [0, 0.1) is 6.92 Å². The highest BCUT2D eigenvalue weighted by Crippen LogP contribution is 2.23. The first kappa shape index (κ1) is 20.7. The van der Waals surface area contributed by atoms with E-state index in [4.69, 9.17) is 9.47 Å². The highest BCUT2D eigenvalue weighted by molar-refractivity contribution is 5.98. The maximum atomic E-state index is 12.5. The zero-order valence-electron chi connectivity index (χ0n) is 17.7. The van der Waals surface area contributed by atoms with Gasteiger partial charge in [-0.05, 0) is 62.2 Å². The summed E-state index contributed by atoms with van der Waals surface area (Å²) < 4.78 is 10.4. The highest BCUT2D eigenvalue weighted by atomic mass is 16.5. The zero-order valence-corrected chi connectivity index (χ0v) is 17.7. The van der Waals surface area contributed by atoms with Crippen molar-refractivity contribution in [2.24, 2.45) is 0 Å². The van der Waals surface area contributed by atoms with E-state index in [1.165, 1.54) is 12.8 Å². The molecule has 31 heavy (non-hydrogen) atoms. The number of hydrogen-bond donors (Lipinski definition) is 1. The van der Waals surface area contributed by atoms with E-state index >= 15 is 0 Å². The molecule has 0 radical (unpaired) electrons. The van der Waals surface area contributed by atoms with Crippen LogP contribution in [0.2, 0.25) is 0 Å². The third kappa shape index (κ3) is 4.77. The molecule has 0 spiro atoms. The Labute approximate surface area is 181 Å². The number of fused-ring (bicyclic) bond motifs is 1. The summed E-state index contributed by atoms with van der Waals surface area (Å²) >= 11 is 0. The molecule has 1 N–H and O–H groups in total. The first-order valence-corrected chi connectivity index (χ1v) is 10.3. The zero-order chi connectivity index (χ0) is 21.8. The minimum absolute atomic E-state index is 0.334. The molecule has 0 saturated carbocycles. The molecule has 7 heteroatoms. The molecule has 0 aliphatic carbocycles. The Morgan fingerprint density at radius 3 is 2.52 bits per heavy atom. The summed E-state index contributed by atoms with van der Waals surface area (Å²) in [4.78, 5) is 31.5. The lowest BCUT2D eigenvalue weighted by atomic mass is 10.1. The van der Waals surface area contributed by atoms with Crippen molar-refractivity contribution in [3.05, 3.63) is 59.8 Å². The quantitative estimate of drug-likeness (QED) is 0.610. The first-order chi connectivity index (χ1) is 15.0. The molecule has 1 aromatic heterocycles. The second kappa shape index (κ2) is 9.04. The Kier molecular flexibility index (Phi) is 6.02. The SMILES string of the molecule is COc1ccc2cc(C(=O)OCC(=O)Nc3ccc(N4CCCC4)cc3)c(C)nc2c1. The lowest BCUT2D eigenvalue weighted by Crippen LogP contribution is -2.21. The number of amides is 1. The van der Waals surface area contributed by atoms with Gasteiger partial charge in [-0.1, -0.05) is 0 Å². The van der Waals surface area contributed by atoms with Gasteiger partial charge in [-0.2, -0.15) is 0 Å². The number of benzene rings is 2. The van der Waals surface area contributed by atoms with Gasteiger partial charge in [-0.25, -0.2) is 4.79 Å². The molecular formula is C24H25N3O4. The van der Waals surface area contributed by atoms with E-state index in [0.717, 1.165) is 29.7 Å². The molecule has 3 aromatic rings. The Balaban J connectivity index is 1.35. The summed E-state index contributed by atoms with van der Waals surface area (Å²) in [7, 11) is 1.59. The molecular weight excluding hydrogens is 394 g/mol. The number of rotatable bonds is 6. The van der Waals surface area contributed by atoms with Crippen molar-refractivity contribution in [3.63, 3.8) is 0 Å². The number of aryl methyl sites for hydroxylation is 1. The molecule has 1 aliphatic heterocycles. The van der Waals surface area contributed by atoms with Gasteiger partial charge in [0.25, 0.3) is 5.91 Å². The van der Waals surface area contributed by atoms with Gasteiger partial charge in [0.15, 0.2) is 6.61 Å². The number of nitrogens with zero attached hydrogens (tertiary/aromatic N) is 2. The van der Waals surface area contributed by atoms with E-state index in [1.54, 1.807) is 32.2 Å². The van der Waals surface area contributed by atoms with Gasteiger partial charge < -0.3 is 19.7 Å². The molecule has 1 saturated heterocycles. The second-order valence-corrected chi connectivity index (χ2v) is 7.55. The molecule has 160 valence electrons. The molecule has 7 nitrogen and oxygen atoms in total. The number of ether oxygens (including phenoxy) is 2. The number of carbonyl (C=O) groups excluding carboxylic acids is 2. The molecule has 0 atom stereocenters. The predicted octanol–water partition coefficient (Wildman–Crippen LogP) is 3.95. The maximum absolute atomic E-state index is 12.5. The van der Waals surface area contributed by atoms with Crippen LogP contribution >= 0.6 is 0 Å². The van der Waals surface area contributed by atoms with Crippen LogP contribution in [0.1, 0.15) is 28.9 Å². The Morgan fingerprint density at radius 2 is 1.81 bits per heavy atom. The highest BCUT2D eigenvalue weighted by Gasteiger charge is 2.16. The summed E-state index contributed by atoms with van der Waals surface area (Å²) in [6.45, 7) is 3.50. The van der Waals surface area contributed by atoms with E-state index in [0.29, 0.717) is 22.7 Å². The van der Waals surface area contributed by atoms with E-state index in [2.05, 4.69) is 15.2 Å². The third-order valence-electron chi connectivity index (χ3n) is 5.39. The van der Waals surface area contributed by atoms with Crippen LogP contribution in [0.15, 0.2) is 48.5 Å². The molecule has 1 amide bonds. The summed E-state index contributed by atoms with van der Waals surface area (Å²) in [6, 6.07) is 14.9.